The molecule has 2 fully saturated rings. The van der Waals surface area contributed by atoms with Gasteiger partial charge in [-0.05, 0) is 61.9 Å². The van der Waals surface area contributed by atoms with Crippen LogP contribution < -0.4 is 10.2 Å². The maximum Gasteiger partial charge on any atom is 0.123 e. The van der Waals surface area contributed by atoms with Crippen molar-refractivity contribution >= 4 is 5.69 Å². The van der Waals surface area contributed by atoms with Crippen LogP contribution in [-0.4, -0.2) is 19.1 Å². The molecule has 1 saturated heterocycles. The predicted octanol–water partition coefficient (Wildman–Crippen LogP) is 4.09. The summed E-state index contributed by atoms with van der Waals surface area (Å²) in [6.07, 6.45) is 7.85. The summed E-state index contributed by atoms with van der Waals surface area (Å²) in [5, 5.41) is 3.42. The highest BCUT2D eigenvalue weighted by molar-refractivity contribution is 5.55. The zero-order valence-corrected chi connectivity index (χ0v) is 13.1. The molecule has 1 aromatic carbocycles. The molecule has 3 rings (SSSR count). The van der Waals surface area contributed by atoms with E-state index in [4.69, 9.17) is 0 Å². The first kappa shape index (κ1) is 14.8. The van der Waals surface area contributed by atoms with E-state index in [0.29, 0.717) is 6.04 Å². The molecule has 0 aromatic heterocycles. The molecule has 3 heteroatoms. The van der Waals surface area contributed by atoms with E-state index >= 15 is 0 Å². The highest BCUT2D eigenvalue weighted by Gasteiger charge is 2.36. The quantitative estimate of drug-likeness (QED) is 0.822. The first-order valence-electron chi connectivity index (χ1n) is 8.55. The maximum atomic E-state index is 13.6. The Labute approximate surface area is 127 Å². The molecule has 0 bridgehead atoms. The second-order valence-corrected chi connectivity index (χ2v) is 6.54. The molecular formula is C18H27FN2. The molecule has 1 aromatic rings. The number of halogens is 1. The molecule has 2 atom stereocenters. The van der Waals surface area contributed by atoms with Crippen molar-refractivity contribution in [2.24, 2.45) is 5.92 Å². The lowest BCUT2D eigenvalue weighted by atomic mass is 9.85. The number of hydrogen-bond donors (Lipinski definition) is 1. The van der Waals surface area contributed by atoms with E-state index in [1.807, 2.05) is 6.07 Å². The van der Waals surface area contributed by atoms with E-state index in [1.165, 1.54) is 37.8 Å². The highest BCUT2D eigenvalue weighted by atomic mass is 19.1. The van der Waals surface area contributed by atoms with Crippen LogP contribution >= 0.6 is 0 Å². The zero-order chi connectivity index (χ0) is 14.7. The fraction of sp³-hybridized carbons (Fsp3) is 0.667. The van der Waals surface area contributed by atoms with E-state index in [2.05, 4.69) is 17.1 Å². The van der Waals surface area contributed by atoms with Gasteiger partial charge < -0.3 is 10.2 Å². The van der Waals surface area contributed by atoms with Crippen LogP contribution in [0, 0.1) is 11.7 Å². The average Bonchev–Trinajstić information content (AvgIpc) is 2.92. The number of anilines is 1. The Morgan fingerprint density at radius 2 is 2.10 bits per heavy atom. The number of nitrogens with zero attached hydrogens (tertiary/aromatic N) is 1. The van der Waals surface area contributed by atoms with Crippen molar-refractivity contribution in [1.29, 1.82) is 0 Å². The van der Waals surface area contributed by atoms with Crippen molar-refractivity contribution in [2.75, 3.05) is 18.0 Å². The van der Waals surface area contributed by atoms with Crippen LogP contribution in [0.3, 0.4) is 0 Å². The highest BCUT2D eigenvalue weighted by Crippen LogP contribution is 2.40. The van der Waals surface area contributed by atoms with Crippen LogP contribution in [-0.2, 0) is 6.54 Å². The fourth-order valence-corrected chi connectivity index (χ4v) is 4.08. The predicted molar refractivity (Wildman–Crippen MR) is 86.1 cm³/mol. The Kier molecular flexibility index (Phi) is 4.79. The summed E-state index contributed by atoms with van der Waals surface area (Å²) in [6, 6.07) is 6.02. The van der Waals surface area contributed by atoms with Gasteiger partial charge in [-0.1, -0.05) is 19.8 Å². The third-order valence-corrected chi connectivity index (χ3v) is 5.10. The van der Waals surface area contributed by atoms with E-state index in [-0.39, 0.29) is 5.82 Å². The molecule has 2 aliphatic rings. The Morgan fingerprint density at radius 3 is 2.95 bits per heavy atom. The Morgan fingerprint density at radius 1 is 1.24 bits per heavy atom. The minimum atomic E-state index is -0.119. The Balaban J connectivity index is 1.80. The minimum absolute atomic E-state index is 0.119. The monoisotopic (exact) mass is 290 g/mol. The van der Waals surface area contributed by atoms with Crippen LogP contribution in [0.4, 0.5) is 10.1 Å². The smallest absolute Gasteiger partial charge is 0.123 e. The molecular weight excluding hydrogens is 263 g/mol. The van der Waals surface area contributed by atoms with Crippen molar-refractivity contribution < 1.29 is 4.39 Å². The number of nitrogens with one attached hydrogen (secondary N) is 1. The van der Waals surface area contributed by atoms with Gasteiger partial charge >= 0.3 is 0 Å². The second kappa shape index (κ2) is 6.78. The number of benzene rings is 1. The van der Waals surface area contributed by atoms with Gasteiger partial charge in [0.1, 0.15) is 5.82 Å². The van der Waals surface area contributed by atoms with Gasteiger partial charge in [-0.25, -0.2) is 4.39 Å². The number of rotatable bonds is 5. The lowest BCUT2D eigenvalue weighted by Gasteiger charge is -2.34. The molecule has 1 heterocycles. The van der Waals surface area contributed by atoms with E-state index < -0.39 is 0 Å². The van der Waals surface area contributed by atoms with Gasteiger partial charge in [0.25, 0.3) is 0 Å². The van der Waals surface area contributed by atoms with Gasteiger partial charge in [0.15, 0.2) is 0 Å². The third kappa shape index (κ3) is 3.23. The number of fused-ring (bicyclic) bond motifs is 1. The Bertz CT molecular complexity index is 474. The average molecular weight is 290 g/mol. The van der Waals surface area contributed by atoms with Crippen LogP contribution in [0.1, 0.15) is 51.0 Å². The third-order valence-electron chi connectivity index (χ3n) is 5.10. The standard InChI is InChI=1S/C18H27FN2/c1-2-10-20-13-15-12-16(19)7-8-18(15)21-11-9-14-5-3-4-6-17(14)21/h7-8,12,14,17,20H,2-6,9-11,13H2,1H3. The molecule has 2 nitrogen and oxygen atoms in total. The SMILES string of the molecule is CCCNCc1cc(F)ccc1N1CCC2CCCCC21. The summed E-state index contributed by atoms with van der Waals surface area (Å²) in [7, 11) is 0. The molecule has 1 aliphatic heterocycles. The van der Waals surface area contributed by atoms with E-state index in [9.17, 15) is 4.39 Å². The zero-order valence-electron chi connectivity index (χ0n) is 13.1. The van der Waals surface area contributed by atoms with Crippen molar-refractivity contribution in [1.82, 2.24) is 5.32 Å². The molecule has 21 heavy (non-hydrogen) atoms. The maximum absolute atomic E-state index is 13.6. The van der Waals surface area contributed by atoms with Gasteiger partial charge in [0.2, 0.25) is 0 Å². The van der Waals surface area contributed by atoms with E-state index in [0.717, 1.165) is 37.5 Å². The summed E-state index contributed by atoms with van der Waals surface area (Å²) in [4.78, 5) is 2.56. The van der Waals surface area contributed by atoms with Gasteiger partial charge in [-0.3, -0.25) is 0 Å². The molecule has 0 amide bonds. The van der Waals surface area contributed by atoms with Crippen LogP contribution in [0.2, 0.25) is 0 Å². The lowest BCUT2D eigenvalue weighted by molar-refractivity contribution is 0.342. The molecule has 1 aliphatic carbocycles. The summed E-state index contributed by atoms with van der Waals surface area (Å²) in [6.45, 7) is 5.06. The minimum Gasteiger partial charge on any atom is -0.368 e. The van der Waals surface area contributed by atoms with Crippen molar-refractivity contribution in [3.63, 3.8) is 0 Å². The lowest BCUT2D eigenvalue weighted by Crippen LogP contribution is -2.35. The first-order chi connectivity index (χ1) is 10.3. The molecule has 1 N–H and O–H groups in total. The summed E-state index contributed by atoms with van der Waals surface area (Å²) < 4.78 is 13.6. The van der Waals surface area contributed by atoms with Crippen LogP contribution in [0.25, 0.3) is 0 Å². The molecule has 2 unspecified atom stereocenters. The van der Waals surface area contributed by atoms with Crippen molar-refractivity contribution in [2.45, 2.75) is 58.0 Å². The van der Waals surface area contributed by atoms with Gasteiger partial charge in [-0.2, -0.15) is 0 Å². The summed E-state index contributed by atoms with van der Waals surface area (Å²) in [5.41, 5.74) is 2.38. The molecule has 1 saturated carbocycles. The first-order valence-corrected chi connectivity index (χ1v) is 8.55. The largest absolute Gasteiger partial charge is 0.368 e. The second-order valence-electron chi connectivity index (χ2n) is 6.54. The van der Waals surface area contributed by atoms with Crippen molar-refractivity contribution in [3.8, 4) is 0 Å². The van der Waals surface area contributed by atoms with Crippen LogP contribution in [0.5, 0.6) is 0 Å². The molecule has 0 radical (unpaired) electrons. The fourth-order valence-electron chi connectivity index (χ4n) is 4.08. The molecule has 0 spiro atoms. The van der Waals surface area contributed by atoms with Gasteiger partial charge in [0.05, 0.1) is 0 Å². The summed E-state index contributed by atoms with van der Waals surface area (Å²) in [5.74, 6) is 0.742. The topological polar surface area (TPSA) is 15.3 Å². The normalized spacial score (nSPS) is 25.1. The molecule has 116 valence electrons. The summed E-state index contributed by atoms with van der Waals surface area (Å²) >= 11 is 0. The van der Waals surface area contributed by atoms with Crippen LogP contribution in [0.15, 0.2) is 18.2 Å². The van der Waals surface area contributed by atoms with Gasteiger partial charge in [0, 0.05) is 24.8 Å². The Hall–Kier alpha value is -1.09. The van der Waals surface area contributed by atoms with E-state index in [1.54, 1.807) is 12.1 Å². The van der Waals surface area contributed by atoms with Crippen molar-refractivity contribution in [3.05, 3.63) is 29.6 Å². The van der Waals surface area contributed by atoms with Gasteiger partial charge in [-0.15, -0.1) is 0 Å². The number of hydrogen-bond acceptors (Lipinski definition) is 2.